The van der Waals surface area contributed by atoms with Gasteiger partial charge in [-0.2, -0.15) is 5.10 Å². The molecule has 0 spiro atoms. The Balaban J connectivity index is 2.03. The summed E-state index contributed by atoms with van der Waals surface area (Å²) in [5.41, 5.74) is 0.570. The van der Waals surface area contributed by atoms with Gasteiger partial charge in [-0.15, -0.1) is 0 Å². The van der Waals surface area contributed by atoms with Crippen molar-refractivity contribution in [2.75, 3.05) is 6.61 Å². The maximum Gasteiger partial charge on any atom is 0.288 e. The zero-order valence-corrected chi connectivity index (χ0v) is 12.9. The fourth-order valence-electron chi connectivity index (χ4n) is 1.68. The predicted octanol–water partition coefficient (Wildman–Crippen LogP) is 2.65. The van der Waals surface area contributed by atoms with Crippen molar-refractivity contribution in [1.29, 1.82) is 0 Å². The van der Waals surface area contributed by atoms with Crippen molar-refractivity contribution < 1.29 is 9.66 Å². The Morgan fingerprint density at radius 3 is 2.80 bits per heavy atom. The van der Waals surface area contributed by atoms with Crippen LogP contribution in [0.25, 0.3) is 11.0 Å². The molecule has 0 aliphatic heterocycles. The second kappa shape index (κ2) is 5.67. The summed E-state index contributed by atoms with van der Waals surface area (Å²) < 4.78 is 7.22. The highest BCUT2D eigenvalue weighted by Crippen LogP contribution is 2.17. The molecule has 2 aromatic heterocycles. The lowest BCUT2D eigenvalue weighted by atomic mass is 10.3. The molecule has 2 rings (SSSR count). The van der Waals surface area contributed by atoms with Gasteiger partial charge in [0.1, 0.15) is 12.9 Å². The van der Waals surface area contributed by atoms with Gasteiger partial charge in [0.2, 0.25) is 0 Å². The number of nitrogens with zero attached hydrogens (tertiary/aromatic N) is 4. The monoisotopic (exact) mass is 294 g/mol. The van der Waals surface area contributed by atoms with Crippen LogP contribution >= 0.6 is 0 Å². The summed E-state index contributed by atoms with van der Waals surface area (Å²) in [6, 6.07) is 2.55. The largest absolute Gasteiger partial charge is 0.359 e. The lowest BCUT2D eigenvalue weighted by Gasteiger charge is -2.15. The molecule has 0 radical (unpaired) electrons. The van der Waals surface area contributed by atoms with Gasteiger partial charge in [0.25, 0.3) is 5.69 Å². The van der Waals surface area contributed by atoms with Gasteiger partial charge in [-0.25, -0.2) is 9.67 Å². The molecule has 0 aromatic carbocycles. The quantitative estimate of drug-likeness (QED) is 0.354. The molecule has 0 amide bonds. The van der Waals surface area contributed by atoms with E-state index in [1.165, 1.54) is 12.3 Å². The summed E-state index contributed by atoms with van der Waals surface area (Å²) in [5, 5.41) is 15.5. The first-order valence-corrected chi connectivity index (χ1v) is 10.1. The number of rotatable bonds is 6. The second-order valence-corrected chi connectivity index (χ2v) is 11.5. The van der Waals surface area contributed by atoms with Crippen LogP contribution in [0.15, 0.2) is 18.5 Å². The fourth-order valence-corrected chi connectivity index (χ4v) is 2.44. The van der Waals surface area contributed by atoms with E-state index >= 15 is 0 Å². The smallest absolute Gasteiger partial charge is 0.288 e. The lowest BCUT2D eigenvalue weighted by Crippen LogP contribution is -2.22. The first-order chi connectivity index (χ1) is 9.37. The van der Waals surface area contributed by atoms with E-state index in [9.17, 15) is 10.1 Å². The number of nitro groups is 1. The minimum atomic E-state index is -1.10. The van der Waals surface area contributed by atoms with E-state index in [-0.39, 0.29) is 5.69 Å². The maximum atomic E-state index is 10.7. The summed E-state index contributed by atoms with van der Waals surface area (Å²) in [4.78, 5) is 14.3. The minimum Gasteiger partial charge on any atom is -0.359 e. The van der Waals surface area contributed by atoms with Gasteiger partial charge >= 0.3 is 0 Å². The van der Waals surface area contributed by atoms with Gasteiger partial charge in [0.15, 0.2) is 5.65 Å². The average Bonchev–Trinajstić information content (AvgIpc) is 2.76. The third-order valence-corrected chi connectivity index (χ3v) is 4.59. The van der Waals surface area contributed by atoms with E-state index in [2.05, 4.69) is 29.7 Å². The standard InChI is InChI=1S/C12H18N4O3Si/c1-20(2,3)5-4-19-9-15-12-10(7-14-15)6-11(8-13-12)16(17)18/h6-8H,4-5,9H2,1-3H3. The van der Waals surface area contributed by atoms with Crippen molar-refractivity contribution in [2.24, 2.45) is 0 Å². The summed E-state index contributed by atoms with van der Waals surface area (Å²) in [7, 11) is -1.10. The molecule has 0 fully saturated rings. The number of aromatic nitrogens is 3. The minimum absolute atomic E-state index is 0.0308. The Kier molecular flexibility index (Phi) is 4.14. The number of pyridine rings is 1. The molecule has 0 unspecified atom stereocenters. The Hall–Kier alpha value is -1.80. The Bertz CT molecular complexity index is 621. The molecule has 0 aliphatic carbocycles. The molecule has 0 saturated heterocycles. The van der Waals surface area contributed by atoms with Gasteiger partial charge in [-0.3, -0.25) is 10.1 Å². The Labute approximate surface area is 117 Å². The summed E-state index contributed by atoms with van der Waals surface area (Å²) in [6.45, 7) is 7.89. The van der Waals surface area contributed by atoms with Crippen LogP contribution in [-0.4, -0.2) is 34.4 Å². The number of hydrogen-bond donors (Lipinski definition) is 0. The van der Waals surface area contributed by atoms with Crippen LogP contribution < -0.4 is 0 Å². The molecule has 108 valence electrons. The molecule has 7 nitrogen and oxygen atoms in total. The highest BCUT2D eigenvalue weighted by Gasteiger charge is 2.13. The molecular formula is C12H18N4O3Si. The van der Waals surface area contributed by atoms with E-state index in [4.69, 9.17) is 4.74 Å². The normalized spacial score (nSPS) is 11.9. The molecule has 20 heavy (non-hydrogen) atoms. The third-order valence-electron chi connectivity index (χ3n) is 2.88. The molecule has 0 aliphatic rings. The van der Waals surface area contributed by atoms with Crippen LogP contribution in [0.4, 0.5) is 5.69 Å². The Morgan fingerprint density at radius 2 is 2.15 bits per heavy atom. The van der Waals surface area contributed by atoms with Crippen molar-refractivity contribution in [2.45, 2.75) is 32.4 Å². The number of hydrogen-bond acceptors (Lipinski definition) is 5. The average molecular weight is 294 g/mol. The second-order valence-electron chi connectivity index (χ2n) is 5.86. The highest BCUT2D eigenvalue weighted by atomic mass is 28.3. The van der Waals surface area contributed by atoms with Crippen LogP contribution in [0, 0.1) is 10.1 Å². The summed E-state index contributed by atoms with van der Waals surface area (Å²) in [6.07, 6.45) is 2.81. The summed E-state index contributed by atoms with van der Waals surface area (Å²) in [5.74, 6) is 0. The van der Waals surface area contributed by atoms with Crippen molar-refractivity contribution >= 4 is 24.8 Å². The molecule has 0 atom stereocenters. The van der Waals surface area contributed by atoms with Crippen LogP contribution in [0.5, 0.6) is 0 Å². The van der Waals surface area contributed by atoms with Crippen LogP contribution in [0.3, 0.4) is 0 Å². The third kappa shape index (κ3) is 3.61. The van der Waals surface area contributed by atoms with Crippen molar-refractivity contribution in [3.05, 3.63) is 28.6 Å². The maximum absolute atomic E-state index is 10.7. The highest BCUT2D eigenvalue weighted by molar-refractivity contribution is 6.76. The van der Waals surface area contributed by atoms with Gasteiger partial charge < -0.3 is 4.74 Å². The molecular weight excluding hydrogens is 276 g/mol. The first-order valence-electron chi connectivity index (χ1n) is 6.40. The Morgan fingerprint density at radius 1 is 1.40 bits per heavy atom. The molecule has 0 N–H and O–H groups in total. The zero-order valence-electron chi connectivity index (χ0n) is 11.9. The van der Waals surface area contributed by atoms with Gasteiger partial charge in [-0.05, 0) is 6.04 Å². The van der Waals surface area contributed by atoms with E-state index in [0.29, 0.717) is 24.4 Å². The number of fused-ring (bicyclic) bond motifs is 1. The molecule has 2 heterocycles. The first kappa shape index (κ1) is 14.6. The van der Waals surface area contributed by atoms with E-state index in [0.717, 1.165) is 6.04 Å². The van der Waals surface area contributed by atoms with Crippen molar-refractivity contribution in [3.8, 4) is 0 Å². The van der Waals surface area contributed by atoms with Crippen molar-refractivity contribution in [3.63, 3.8) is 0 Å². The SMILES string of the molecule is C[Si](C)(C)CCOCn1ncc2cc([N+](=O)[O-])cnc21. The zero-order chi connectivity index (χ0) is 14.8. The van der Waals surface area contributed by atoms with E-state index < -0.39 is 13.0 Å². The topological polar surface area (TPSA) is 83.1 Å². The van der Waals surface area contributed by atoms with Crippen LogP contribution in [0.1, 0.15) is 0 Å². The summed E-state index contributed by atoms with van der Waals surface area (Å²) >= 11 is 0. The van der Waals surface area contributed by atoms with E-state index in [1.54, 1.807) is 10.9 Å². The lowest BCUT2D eigenvalue weighted by molar-refractivity contribution is -0.385. The van der Waals surface area contributed by atoms with Gasteiger partial charge in [0.05, 0.1) is 11.1 Å². The molecule has 8 heteroatoms. The van der Waals surface area contributed by atoms with Gasteiger partial charge in [-0.1, -0.05) is 19.6 Å². The molecule has 2 aromatic rings. The predicted molar refractivity (Wildman–Crippen MR) is 78.3 cm³/mol. The fraction of sp³-hybridized carbons (Fsp3) is 0.500. The number of ether oxygens (including phenoxy) is 1. The van der Waals surface area contributed by atoms with Crippen LogP contribution in [0.2, 0.25) is 25.7 Å². The molecule has 0 saturated carbocycles. The van der Waals surface area contributed by atoms with Crippen LogP contribution in [-0.2, 0) is 11.5 Å². The van der Waals surface area contributed by atoms with Gasteiger partial charge in [0, 0.05) is 26.1 Å². The molecule has 0 bridgehead atoms. The van der Waals surface area contributed by atoms with E-state index in [1.807, 2.05) is 0 Å². The van der Waals surface area contributed by atoms with Crippen molar-refractivity contribution in [1.82, 2.24) is 14.8 Å².